The van der Waals surface area contributed by atoms with Crippen LogP contribution in [0.2, 0.25) is 0 Å². The van der Waals surface area contributed by atoms with Gasteiger partial charge in [0.1, 0.15) is 62.8 Å². The van der Waals surface area contributed by atoms with E-state index in [1.54, 1.807) is 0 Å². The Morgan fingerprint density at radius 2 is 0.679 bits per heavy atom. The molecule has 0 unspecified atom stereocenters. The Balaban J connectivity index is 1.37. The fourth-order valence-electron chi connectivity index (χ4n) is 9.97. The van der Waals surface area contributed by atoms with E-state index in [0.717, 1.165) is 0 Å². The molecule has 0 saturated heterocycles. The van der Waals surface area contributed by atoms with Crippen molar-refractivity contribution in [1.82, 2.24) is 0 Å². The average molecular weight is 701 g/mol. The molecule has 8 heteroatoms. The lowest BCUT2D eigenvalue weighted by Crippen LogP contribution is -2.50. The van der Waals surface area contributed by atoms with Crippen LogP contribution in [0.15, 0.2) is 133 Å². The highest BCUT2D eigenvalue weighted by Gasteiger charge is 2.26. The van der Waals surface area contributed by atoms with E-state index in [4.69, 9.17) is 0 Å². The van der Waals surface area contributed by atoms with Gasteiger partial charge in [0.25, 0.3) is 0 Å². The molecule has 0 aliphatic rings. The van der Waals surface area contributed by atoms with E-state index in [0.29, 0.717) is 0 Å². The summed E-state index contributed by atoms with van der Waals surface area (Å²) in [6, 6.07) is 50.0. The van der Waals surface area contributed by atoms with Crippen LogP contribution in [0.25, 0.3) is 98.0 Å². The van der Waals surface area contributed by atoms with Crippen LogP contribution in [-0.4, -0.2) is 62.8 Å². The van der Waals surface area contributed by atoms with Gasteiger partial charge < -0.3 is 0 Å². The van der Waals surface area contributed by atoms with Crippen LogP contribution in [0.1, 0.15) is 0 Å². The minimum absolute atomic E-state index is 1.24. The third kappa shape index (κ3) is 4.98. The Labute approximate surface area is 336 Å². The van der Waals surface area contributed by atoms with E-state index in [1.807, 2.05) is 0 Å². The molecule has 0 aliphatic carbocycles. The molecule has 254 valence electrons. The Hall–Kier alpha value is -5.72. The van der Waals surface area contributed by atoms with Gasteiger partial charge in [0.15, 0.2) is 0 Å². The van der Waals surface area contributed by atoms with E-state index in [-0.39, 0.29) is 0 Å². The summed E-state index contributed by atoms with van der Waals surface area (Å²) < 4.78 is 0. The fraction of sp³-hybridized carbons (Fsp3) is 0. The Bertz CT molecular complexity index is 3250. The molecule has 10 rings (SSSR count). The predicted octanol–water partition coefficient (Wildman–Crippen LogP) is -0.326. The molecule has 0 spiro atoms. The van der Waals surface area contributed by atoms with Crippen LogP contribution >= 0.6 is 0 Å². The normalized spacial score (nSPS) is 11.8. The number of benzene rings is 10. The van der Waals surface area contributed by atoms with Crippen molar-refractivity contribution in [2.24, 2.45) is 0 Å². The molecule has 0 bridgehead atoms. The second kappa shape index (κ2) is 12.9. The molecule has 0 atom stereocenters. The largest absolute Gasteiger partial charge is 0.139 e. The molecule has 0 heterocycles. The topological polar surface area (TPSA) is 0 Å². The molecular weight excluding hydrogens is 663 g/mol. The molecule has 10 aromatic carbocycles. The summed E-state index contributed by atoms with van der Waals surface area (Å²) >= 11 is 0. The van der Waals surface area contributed by atoms with Gasteiger partial charge in [-0.1, -0.05) is 143 Å². The van der Waals surface area contributed by atoms with Crippen LogP contribution in [0.3, 0.4) is 0 Å². The van der Waals surface area contributed by atoms with E-state index in [1.165, 1.54) is 142 Å². The standard InChI is InChI=1S/C48H38B8/c49-41-37-35(26-17-13-24(14-18-26)28-19-15-23-7-1-2-9-27(23)21-28)38-40(44(52)48(56)46(54)42(38)50)36(39(37)43(51)47(55)45(41)53)33-22-29-20-16-25-8-3-4-10-30(25)34(29)32-12-6-5-11-31(32)33/h1-22H,49-56H2. The van der Waals surface area contributed by atoms with Gasteiger partial charge in [-0.05, 0) is 110 Å². The van der Waals surface area contributed by atoms with Crippen molar-refractivity contribution in [2.75, 3.05) is 0 Å². The quantitative estimate of drug-likeness (QED) is 0.135. The fourth-order valence-corrected chi connectivity index (χ4v) is 9.97. The molecule has 0 saturated carbocycles. The molecule has 0 aliphatic heterocycles. The summed E-state index contributed by atoms with van der Waals surface area (Å²) in [5.41, 5.74) is 18.8. The van der Waals surface area contributed by atoms with Crippen molar-refractivity contribution in [1.29, 1.82) is 0 Å². The summed E-state index contributed by atoms with van der Waals surface area (Å²) in [5.74, 6) is 0. The van der Waals surface area contributed by atoms with E-state index >= 15 is 0 Å². The van der Waals surface area contributed by atoms with Gasteiger partial charge >= 0.3 is 0 Å². The molecular formula is C48H38B8. The average Bonchev–Trinajstić information content (AvgIpc) is 3.24. The molecule has 0 radical (unpaired) electrons. The summed E-state index contributed by atoms with van der Waals surface area (Å²) in [7, 11) is 18.8. The Kier molecular flexibility index (Phi) is 8.02. The second-order valence-corrected chi connectivity index (χ2v) is 16.2. The Morgan fingerprint density at radius 3 is 1.29 bits per heavy atom. The van der Waals surface area contributed by atoms with Crippen molar-refractivity contribution in [2.45, 2.75) is 0 Å². The molecule has 0 amide bonds. The zero-order valence-electron chi connectivity index (χ0n) is 33.7. The van der Waals surface area contributed by atoms with Crippen molar-refractivity contribution in [3.05, 3.63) is 133 Å². The summed E-state index contributed by atoms with van der Waals surface area (Å²) in [4.78, 5) is 0. The third-order valence-electron chi connectivity index (χ3n) is 13.6. The zero-order valence-corrected chi connectivity index (χ0v) is 33.7. The van der Waals surface area contributed by atoms with Gasteiger partial charge in [0.05, 0.1) is 0 Å². The van der Waals surface area contributed by atoms with Gasteiger partial charge in [0, 0.05) is 0 Å². The first-order valence-electron chi connectivity index (χ1n) is 20.0. The first-order chi connectivity index (χ1) is 27.1. The van der Waals surface area contributed by atoms with Gasteiger partial charge in [-0.25, -0.2) is 0 Å². The monoisotopic (exact) mass is 702 g/mol. The smallest absolute Gasteiger partial charge is 0.101 e. The lowest BCUT2D eigenvalue weighted by atomic mass is 9.59. The SMILES string of the molecule is Bc1c(B)c(B)c2c(-c3cc4ccc5ccccc5c4c4ccccc34)c3c(B)c(B)c(B)c(B)c3c(-c3ccc(-c4ccc5ccccc5c4)cc3)c2c1B. The van der Waals surface area contributed by atoms with Crippen molar-refractivity contribution in [3.63, 3.8) is 0 Å². The van der Waals surface area contributed by atoms with E-state index < -0.39 is 0 Å². The van der Waals surface area contributed by atoms with Gasteiger partial charge in [0.2, 0.25) is 0 Å². The number of rotatable bonds is 3. The molecule has 0 aromatic heterocycles. The van der Waals surface area contributed by atoms with Gasteiger partial charge in [-0.15, -0.1) is 21.9 Å². The maximum atomic E-state index is 2.50. The molecule has 0 fully saturated rings. The van der Waals surface area contributed by atoms with E-state index in [9.17, 15) is 0 Å². The molecule has 10 aromatic rings. The van der Waals surface area contributed by atoms with Crippen molar-refractivity contribution >= 4 is 171 Å². The lowest BCUT2D eigenvalue weighted by Gasteiger charge is -2.28. The first-order valence-corrected chi connectivity index (χ1v) is 20.0. The number of fused-ring (bicyclic) bond motifs is 8. The van der Waals surface area contributed by atoms with Crippen LogP contribution < -0.4 is 43.7 Å². The van der Waals surface area contributed by atoms with Crippen LogP contribution in [-0.2, 0) is 0 Å². The highest BCUT2D eigenvalue weighted by molar-refractivity contribution is 6.71. The highest BCUT2D eigenvalue weighted by Crippen LogP contribution is 2.45. The maximum absolute atomic E-state index is 2.50. The van der Waals surface area contributed by atoms with Crippen molar-refractivity contribution < 1.29 is 0 Å². The van der Waals surface area contributed by atoms with Gasteiger partial charge in [-0.2, -0.15) is 0 Å². The van der Waals surface area contributed by atoms with Gasteiger partial charge in [-0.3, -0.25) is 0 Å². The van der Waals surface area contributed by atoms with Crippen molar-refractivity contribution in [3.8, 4) is 33.4 Å². The molecule has 0 nitrogen and oxygen atoms in total. The Morgan fingerprint density at radius 1 is 0.250 bits per heavy atom. The van der Waals surface area contributed by atoms with Crippen LogP contribution in [0, 0.1) is 0 Å². The molecule has 0 N–H and O–H groups in total. The summed E-state index contributed by atoms with van der Waals surface area (Å²) in [6.45, 7) is 0. The minimum Gasteiger partial charge on any atom is -0.101 e. The second-order valence-electron chi connectivity index (χ2n) is 16.2. The predicted molar refractivity (Wildman–Crippen MR) is 273 cm³/mol. The third-order valence-corrected chi connectivity index (χ3v) is 13.6. The van der Waals surface area contributed by atoms with Crippen LogP contribution in [0.4, 0.5) is 0 Å². The zero-order chi connectivity index (χ0) is 38.6. The number of hydrogen-bond acceptors (Lipinski definition) is 0. The lowest BCUT2D eigenvalue weighted by molar-refractivity contribution is 1.64. The number of hydrogen-bond donors (Lipinski definition) is 0. The van der Waals surface area contributed by atoms with E-state index in [2.05, 4.69) is 196 Å². The summed E-state index contributed by atoms with van der Waals surface area (Å²) in [5, 5.41) is 15.9. The minimum atomic E-state index is 1.24. The van der Waals surface area contributed by atoms with Crippen LogP contribution in [0.5, 0.6) is 0 Å². The first kappa shape index (κ1) is 34.7. The summed E-state index contributed by atoms with van der Waals surface area (Å²) in [6.07, 6.45) is 0. The maximum Gasteiger partial charge on any atom is 0.139 e. The highest BCUT2D eigenvalue weighted by atomic mass is 14.3. The molecule has 56 heavy (non-hydrogen) atoms.